The lowest BCUT2D eigenvalue weighted by atomic mass is 10.0. The number of carbonyl (C=O) groups excluding carboxylic acids is 1. The van der Waals surface area contributed by atoms with Crippen LogP contribution in [-0.4, -0.2) is 43.3 Å². The Bertz CT molecular complexity index is 1240. The minimum atomic E-state index is -3.68. The van der Waals surface area contributed by atoms with E-state index >= 15 is 0 Å². The third kappa shape index (κ3) is 5.21. The average molecular weight is 575 g/mol. The number of nitrogens with two attached hydrogens (primary N) is 1. The van der Waals surface area contributed by atoms with Crippen LogP contribution in [-0.2, 0) is 14.5 Å². The second-order valence-electron chi connectivity index (χ2n) is 7.46. The summed E-state index contributed by atoms with van der Waals surface area (Å²) in [5.74, 6) is -0.861. The molecule has 0 radical (unpaired) electrons. The molecular formula is C21H23FIN3O5S. The number of nitrogens with zero attached hydrogens (tertiary/aromatic N) is 2. The molecule has 172 valence electrons. The summed E-state index contributed by atoms with van der Waals surface area (Å²) in [5, 5.41) is 9.88. The number of hydrogen-bond acceptors (Lipinski definition) is 6. The molecule has 1 amide bonds. The molecule has 11 heteroatoms. The number of halogens is 2. The van der Waals surface area contributed by atoms with Crippen molar-refractivity contribution in [3.63, 3.8) is 0 Å². The summed E-state index contributed by atoms with van der Waals surface area (Å²) in [7, 11) is -3.68. The van der Waals surface area contributed by atoms with Crippen molar-refractivity contribution in [2.75, 3.05) is 17.1 Å². The number of hydrogen-bond donors (Lipinski definition) is 2. The van der Waals surface area contributed by atoms with Crippen molar-refractivity contribution in [1.82, 2.24) is 4.98 Å². The number of aliphatic hydroxyl groups is 1. The number of carbonyl (C=O) groups is 1. The Morgan fingerprint density at radius 3 is 2.53 bits per heavy atom. The zero-order chi connectivity index (χ0) is 23.6. The van der Waals surface area contributed by atoms with Gasteiger partial charge in [0.25, 0.3) is 5.91 Å². The maximum Gasteiger partial charge on any atom is 0.253 e. The summed E-state index contributed by atoms with van der Waals surface area (Å²) in [6, 6.07) is 7.02. The van der Waals surface area contributed by atoms with Crippen LogP contribution in [0.4, 0.5) is 10.2 Å². The van der Waals surface area contributed by atoms with Crippen molar-refractivity contribution >= 4 is 55.4 Å². The van der Waals surface area contributed by atoms with Crippen LogP contribution < -0.4 is 10.0 Å². The molecular weight excluding hydrogens is 552 g/mol. The van der Waals surface area contributed by atoms with Gasteiger partial charge >= 0.3 is 0 Å². The van der Waals surface area contributed by atoms with Gasteiger partial charge in [-0.05, 0) is 50.1 Å². The Morgan fingerprint density at radius 1 is 1.34 bits per heavy atom. The van der Waals surface area contributed by atoms with Crippen LogP contribution in [0.15, 0.2) is 34.7 Å². The minimum Gasteiger partial charge on any atom is -0.437 e. The van der Waals surface area contributed by atoms with Crippen molar-refractivity contribution in [3.8, 4) is 11.3 Å². The lowest BCUT2D eigenvalue weighted by molar-refractivity contribution is 0.100. The van der Waals surface area contributed by atoms with Gasteiger partial charge in [0.2, 0.25) is 15.7 Å². The fourth-order valence-corrected chi connectivity index (χ4v) is 4.87. The highest BCUT2D eigenvalue weighted by molar-refractivity contribution is 14.1. The van der Waals surface area contributed by atoms with Crippen LogP contribution >= 0.6 is 22.6 Å². The average Bonchev–Trinajstić information content (AvgIpc) is 3.08. The number of pyridine rings is 1. The fourth-order valence-electron chi connectivity index (χ4n) is 3.38. The van der Waals surface area contributed by atoms with Gasteiger partial charge < -0.3 is 15.3 Å². The van der Waals surface area contributed by atoms with Crippen LogP contribution in [0.3, 0.4) is 0 Å². The number of primary amides is 1. The van der Waals surface area contributed by atoms with E-state index in [1.54, 1.807) is 13.0 Å². The number of alkyl halides is 1. The van der Waals surface area contributed by atoms with Crippen LogP contribution in [0.5, 0.6) is 0 Å². The van der Waals surface area contributed by atoms with Crippen LogP contribution in [0.1, 0.15) is 35.7 Å². The number of rotatable bonds is 9. The standard InChI is InChI=1S/C21H23FIN3O5S/c1-12(27)4-3-9-26(32(2,29)30)20-14(11-23)10-16-17(19(24)28)18(31-21(16)25-20)13-5-7-15(22)8-6-13/h5-8,10,12,27H,3-4,9,11H2,1-2H3,(H2,24,28). The molecule has 0 aliphatic heterocycles. The van der Waals surface area contributed by atoms with E-state index in [9.17, 15) is 22.7 Å². The first-order chi connectivity index (χ1) is 15.0. The Morgan fingerprint density at radius 2 is 2.00 bits per heavy atom. The zero-order valence-corrected chi connectivity index (χ0v) is 20.5. The number of benzene rings is 1. The van der Waals surface area contributed by atoms with E-state index in [0.717, 1.165) is 6.26 Å². The Kier molecular flexibility index (Phi) is 7.40. The molecule has 0 spiro atoms. The predicted molar refractivity (Wildman–Crippen MR) is 129 cm³/mol. The van der Waals surface area contributed by atoms with Crippen molar-refractivity contribution in [1.29, 1.82) is 0 Å². The molecule has 1 aromatic carbocycles. The monoisotopic (exact) mass is 575 g/mol. The number of anilines is 1. The summed E-state index contributed by atoms with van der Waals surface area (Å²) in [6.45, 7) is 1.76. The number of aliphatic hydroxyl groups excluding tert-OH is 1. The number of fused-ring (bicyclic) bond motifs is 1. The molecule has 0 bridgehead atoms. The van der Waals surface area contributed by atoms with Crippen molar-refractivity contribution < 1.29 is 27.1 Å². The van der Waals surface area contributed by atoms with Gasteiger partial charge in [-0.25, -0.2) is 12.8 Å². The van der Waals surface area contributed by atoms with Crippen LogP contribution in [0.25, 0.3) is 22.4 Å². The summed E-state index contributed by atoms with van der Waals surface area (Å²) in [5.41, 5.74) is 6.77. The second kappa shape index (κ2) is 9.71. The van der Waals surface area contributed by atoms with E-state index in [1.807, 2.05) is 0 Å². The second-order valence-corrected chi connectivity index (χ2v) is 10.1. The smallest absolute Gasteiger partial charge is 0.253 e. The van der Waals surface area contributed by atoms with Crippen LogP contribution in [0.2, 0.25) is 0 Å². The van der Waals surface area contributed by atoms with Gasteiger partial charge in [-0.2, -0.15) is 4.98 Å². The zero-order valence-electron chi connectivity index (χ0n) is 17.5. The summed E-state index contributed by atoms with van der Waals surface area (Å²) in [6.07, 6.45) is 1.38. The molecule has 0 saturated carbocycles. The van der Waals surface area contributed by atoms with E-state index in [4.69, 9.17) is 10.2 Å². The maximum absolute atomic E-state index is 13.4. The summed E-state index contributed by atoms with van der Waals surface area (Å²) in [4.78, 5) is 16.7. The SMILES string of the molecule is CC(O)CCCN(c1nc2oc(-c3ccc(F)cc3)c(C(N)=O)c2cc1CI)S(C)(=O)=O. The summed E-state index contributed by atoms with van der Waals surface area (Å²) < 4.78 is 45.8. The highest BCUT2D eigenvalue weighted by Crippen LogP contribution is 2.36. The van der Waals surface area contributed by atoms with Gasteiger partial charge in [0.15, 0.2) is 0 Å². The first-order valence-corrected chi connectivity index (χ1v) is 13.1. The molecule has 0 aliphatic rings. The first-order valence-electron chi connectivity index (χ1n) is 9.76. The third-order valence-corrected chi connectivity index (χ3v) is 6.83. The normalized spacial score (nSPS) is 12.8. The van der Waals surface area contributed by atoms with Crippen molar-refractivity contribution in [3.05, 3.63) is 47.3 Å². The van der Waals surface area contributed by atoms with Gasteiger partial charge in [0.1, 0.15) is 17.4 Å². The van der Waals surface area contributed by atoms with Crippen molar-refractivity contribution in [2.45, 2.75) is 30.3 Å². The molecule has 2 aromatic heterocycles. The molecule has 1 unspecified atom stereocenters. The molecule has 3 rings (SSSR count). The number of sulfonamides is 1. The molecule has 3 aromatic rings. The highest BCUT2D eigenvalue weighted by Gasteiger charge is 2.27. The Hall–Kier alpha value is -2.25. The van der Waals surface area contributed by atoms with E-state index in [-0.39, 0.29) is 29.4 Å². The molecule has 3 N–H and O–H groups in total. The fraction of sp³-hybridized carbons (Fsp3) is 0.333. The first kappa shape index (κ1) is 24.4. The quantitative estimate of drug-likeness (QED) is 0.297. The Labute approximate surface area is 198 Å². The molecule has 0 saturated heterocycles. The van der Waals surface area contributed by atoms with Gasteiger partial charge in [0.05, 0.1) is 23.3 Å². The number of furan rings is 1. The molecule has 8 nitrogen and oxygen atoms in total. The largest absolute Gasteiger partial charge is 0.437 e. The minimum absolute atomic E-state index is 0.0471. The lowest BCUT2D eigenvalue weighted by Crippen LogP contribution is -2.33. The summed E-state index contributed by atoms with van der Waals surface area (Å²) >= 11 is 2.08. The molecule has 0 aliphatic carbocycles. The van der Waals surface area contributed by atoms with E-state index in [0.29, 0.717) is 33.8 Å². The topological polar surface area (TPSA) is 127 Å². The van der Waals surface area contributed by atoms with Gasteiger partial charge in [0, 0.05) is 22.1 Å². The molecule has 0 fully saturated rings. The van der Waals surface area contributed by atoms with Gasteiger partial charge in [-0.3, -0.25) is 9.10 Å². The van der Waals surface area contributed by atoms with Gasteiger partial charge in [-0.15, -0.1) is 0 Å². The Balaban J connectivity index is 2.20. The highest BCUT2D eigenvalue weighted by atomic mass is 127. The lowest BCUT2D eigenvalue weighted by Gasteiger charge is -2.23. The third-order valence-electron chi connectivity index (χ3n) is 4.86. The molecule has 32 heavy (non-hydrogen) atoms. The van der Waals surface area contributed by atoms with Crippen molar-refractivity contribution in [2.24, 2.45) is 5.73 Å². The predicted octanol–water partition coefficient (Wildman–Crippen LogP) is 3.59. The van der Waals surface area contributed by atoms with Crippen LogP contribution in [0, 0.1) is 5.82 Å². The van der Waals surface area contributed by atoms with Gasteiger partial charge in [-0.1, -0.05) is 22.6 Å². The number of aromatic nitrogens is 1. The number of amides is 1. The van der Waals surface area contributed by atoms with E-state index in [2.05, 4.69) is 27.6 Å². The van der Waals surface area contributed by atoms with E-state index in [1.165, 1.54) is 28.6 Å². The van der Waals surface area contributed by atoms with E-state index < -0.39 is 27.9 Å². The molecule has 1 atom stereocenters. The molecule has 2 heterocycles. The maximum atomic E-state index is 13.4.